The lowest BCUT2D eigenvalue weighted by Crippen LogP contribution is -1.89. The molecule has 0 aliphatic carbocycles. The number of hydrogen-bond donors (Lipinski definition) is 1. The van der Waals surface area contributed by atoms with Crippen LogP contribution in [-0.4, -0.2) is 11.3 Å². The van der Waals surface area contributed by atoms with Crippen molar-refractivity contribution in [3.05, 3.63) is 36.0 Å². The molecule has 1 heterocycles. The van der Waals surface area contributed by atoms with E-state index >= 15 is 0 Å². The van der Waals surface area contributed by atoms with Gasteiger partial charge in [0.15, 0.2) is 0 Å². The highest BCUT2D eigenvalue weighted by molar-refractivity contribution is 5.57. The molecular formula is C6H6O6. The van der Waals surface area contributed by atoms with E-state index in [9.17, 15) is 9.59 Å². The number of carboxylic acid groups (broad SMARTS) is 1. The maximum Gasteiger partial charge on any atom is 0.518 e. The van der Waals surface area contributed by atoms with Crippen LogP contribution in [0.1, 0.15) is 0 Å². The average molecular weight is 174 g/mol. The van der Waals surface area contributed by atoms with Crippen molar-refractivity contribution < 1.29 is 23.5 Å². The van der Waals surface area contributed by atoms with Gasteiger partial charge in [0.2, 0.25) is 0 Å². The molecule has 6 nitrogen and oxygen atoms in total. The Kier molecular flexibility index (Phi) is 4.83. The number of ether oxygens (including phenoxy) is 1. The first-order chi connectivity index (χ1) is 5.66. The van der Waals surface area contributed by atoms with Gasteiger partial charge in [0.25, 0.3) is 0 Å². The monoisotopic (exact) mass is 174 g/mol. The van der Waals surface area contributed by atoms with Crippen LogP contribution in [0, 0.1) is 0 Å². The maximum absolute atomic E-state index is 9.74. The summed E-state index contributed by atoms with van der Waals surface area (Å²) >= 11 is 0. The van der Waals surface area contributed by atoms with E-state index in [-0.39, 0.29) is 0 Å². The van der Waals surface area contributed by atoms with Crippen molar-refractivity contribution in [2.45, 2.75) is 0 Å². The topological polar surface area (TPSA) is 89.9 Å². The van der Waals surface area contributed by atoms with Gasteiger partial charge in [0, 0.05) is 0 Å². The standard InChI is InChI=1S/C3H2O3.C3H4O3/c4-3-5-1-2-6-3;1-2-6-3(4)5/h1-2H;2H,1H2,(H,4,5). The van der Waals surface area contributed by atoms with E-state index in [1.165, 1.54) is 12.5 Å². The van der Waals surface area contributed by atoms with E-state index in [1.807, 2.05) is 0 Å². The Bertz CT molecular complexity index is 265. The van der Waals surface area contributed by atoms with Crippen LogP contribution in [0.15, 0.2) is 39.0 Å². The molecule has 0 spiro atoms. The van der Waals surface area contributed by atoms with Crippen LogP contribution in [0.5, 0.6) is 0 Å². The van der Waals surface area contributed by atoms with Gasteiger partial charge in [-0.25, -0.2) is 9.59 Å². The summed E-state index contributed by atoms with van der Waals surface area (Å²) in [6, 6.07) is 0. The van der Waals surface area contributed by atoms with Crippen LogP contribution in [0.3, 0.4) is 0 Å². The molecule has 12 heavy (non-hydrogen) atoms. The summed E-state index contributed by atoms with van der Waals surface area (Å²) in [5.41, 5.74) is 0. The predicted molar refractivity (Wildman–Crippen MR) is 36.6 cm³/mol. The molecule has 0 aliphatic heterocycles. The zero-order valence-corrected chi connectivity index (χ0v) is 5.93. The van der Waals surface area contributed by atoms with Gasteiger partial charge in [-0.15, -0.1) is 0 Å². The molecule has 0 unspecified atom stereocenters. The van der Waals surface area contributed by atoms with Gasteiger partial charge in [-0.3, -0.25) is 0 Å². The highest BCUT2D eigenvalue weighted by atomic mass is 16.7. The van der Waals surface area contributed by atoms with Crippen molar-refractivity contribution >= 4 is 6.16 Å². The lowest BCUT2D eigenvalue weighted by Gasteiger charge is -1.81. The summed E-state index contributed by atoms with van der Waals surface area (Å²) in [5, 5.41) is 7.62. The summed E-state index contributed by atoms with van der Waals surface area (Å²) in [5.74, 6) is -0.657. The Hall–Kier alpha value is -1.98. The van der Waals surface area contributed by atoms with E-state index < -0.39 is 12.0 Å². The minimum atomic E-state index is -1.33. The lowest BCUT2D eigenvalue weighted by molar-refractivity contribution is 0.128. The van der Waals surface area contributed by atoms with Crippen molar-refractivity contribution in [2.75, 3.05) is 0 Å². The fraction of sp³-hybridized carbons (Fsp3) is 0. The predicted octanol–water partition coefficient (Wildman–Crippen LogP) is 1.06. The highest BCUT2D eigenvalue weighted by Gasteiger charge is 1.84. The molecule has 0 atom stereocenters. The van der Waals surface area contributed by atoms with Crippen molar-refractivity contribution in [2.24, 2.45) is 0 Å². The molecule has 1 aromatic rings. The Balaban J connectivity index is 0.000000202. The maximum atomic E-state index is 9.74. The largest absolute Gasteiger partial charge is 0.518 e. The summed E-state index contributed by atoms with van der Waals surface area (Å²) < 4.78 is 11.9. The summed E-state index contributed by atoms with van der Waals surface area (Å²) in [6.45, 7) is 3.00. The third-order valence-corrected chi connectivity index (χ3v) is 0.568. The molecule has 1 rings (SSSR count). The molecule has 0 saturated carbocycles. The molecule has 0 bridgehead atoms. The Morgan fingerprint density at radius 1 is 1.58 bits per heavy atom. The van der Waals surface area contributed by atoms with Gasteiger partial charge >= 0.3 is 12.0 Å². The Labute approximate surface area is 66.7 Å². The molecule has 6 heteroatoms. The molecule has 0 amide bonds. The quantitative estimate of drug-likeness (QED) is 0.505. The van der Waals surface area contributed by atoms with Crippen molar-refractivity contribution in [3.8, 4) is 0 Å². The third-order valence-electron chi connectivity index (χ3n) is 0.568. The molecule has 66 valence electrons. The first-order valence-electron chi connectivity index (χ1n) is 2.69. The molecule has 0 saturated heterocycles. The minimum Gasteiger partial charge on any atom is -0.449 e. The molecule has 1 aromatic heterocycles. The van der Waals surface area contributed by atoms with Crippen LogP contribution in [0.2, 0.25) is 0 Å². The van der Waals surface area contributed by atoms with E-state index in [2.05, 4.69) is 20.2 Å². The third kappa shape index (κ3) is 6.14. The zero-order valence-electron chi connectivity index (χ0n) is 5.93. The van der Waals surface area contributed by atoms with Crippen LogP contribution in [-0.2, 0) is 4.74 Å². The second kappa shape index (κ2) is 5.78. The second-order valence-corrected chi connectivity index (χ2v) is 1.31. The summed E-state index contributed by atoms with van der Waals surface area (Å²) in [4.78, 5) is 19.0. The van der Waals surface area contributed by atoms with Crippen LogP contribution < -0.4 is 5.82 Å². The normalized spacial score (nSPS) is 7.67. The average Bonchev–Trinajstić information content (AvgIpc) is 2.40. The second-order valence-electron chi connectivity index (χ2n) is 1.31. The van der Waals surface area contributed by atoms with Gasteiger partial charge in [-0.2, -0.15) is 0 Å². The molecule has 1 N–H and O–H groups in total. The lowest BCUT2D eigenvalue weighted by atomic mass is 11.1. The summed E-state index contributed by atoms with van der Waals surface area (Å²) in [7, 11) is 0. The minimum absolute atomic E-state index is 0.657. The van der Waals surface area contributed by atoms with Gasteiger partial charge in [-0.1, -0.05) is 6.58 Å². The molecule has 0 aliphatic rings. The van der Waals surface area contributed by atoms with E-state index in [4.69, 9.17) is 5.11 Å². The smallest absolute Gasteiger partial charge is 0.449 e. The fourth-order valence-corrected chi connectivity index (χ4v) is 0.266. The van der Waals surface area contributed by atoms with E-state index in [1.54, 1.807) is 0 Å². The first kappa shape index (κ1) is 10.0. The van der Waals surface area contributed by atoms with Gasteiger partial charge < -0.3 is 18.7 Å². The van der Waals surface area contributed by atoms with Crippen LogP contribution in [0.25, 0.3) is 0 Å². The fourth-order valence-electron chi connectivity index (χ4n) is 0.266. The zero-order chi connectivity index (χ0) is 9.40. The van der Waals surface area contributed by atoms with Crippen LogP contribution >= 0.6 is 0 Å². The summed E-state index contributed by atoms with van der Waals surface area (Å²) in [6.07, 6.45) is 1.89. The van der Waals surface area contributed by atoms with Gasteiger partial charge in [-0.05, 0) is 0 Å². The SMILES string of the molecule is C=COC(=O)O.O=c1occo1. The molecule has 0 radical (unpaired) electrons. The number of rotatable bonds is 1. The van der Waals surface area contributed by atoms with Crippen molar-refractivity contribution in [3.63, 3.8) is 0 Å². The van der Waals surface area contributed by atoms with E-state index in [0.717, 1.165) is 6.26 Å². The van der Waals surface area contributed by atoms with Crippen molar-refractivity contribution in [1.29, 1.82) is 0 Å². The number of carbonyl (C=O) groups is 1. The van der Waals surface area contributed by atoms with Crippen LogP contribution in [0.4, 0.5) is 4.79 Å². The molecule has 0 aromatic carbocycles. The Morgan fingerprint density at radius 2 is 2.08 bits per heavy atom. The first-order valence-corrected chi connectivity index (χ1v) is 2.69. The van der Waals surface area contributed by atoms with Gasteiger partial charge in [0.1, 0.15) is 12.5 Å². The Morgan fingerprint density at radius 3 is 2.17 bits per heavy atom. The molecular weight excluding hydrogens is 168 g/mol. The highest BCUT2D eigenvalue weighted by Crippen LogP contribution is 1.70. The van der Waals surface area contributed by atoms with Gasteiger partial charge in [0.05, 0.1) is 6.26 Å². The van der Waals surface area contributed by atoms with Crippen molar-refractivity contribution in [1.82, 2.24) is 0 Å². The van der Waals surface area contributed by atoms with E-state index in [0.29, 0.717) is 0 Å². The molecule has 0 fully saturated rings. The number of hydrogen-bond acceptors (Lipinski definition) is 5.